The van der Waals surface area contributed by atoms with Gasteiger partial charge in [-0.3, -0.25) is 4.79 Å². The number of aliphatic hydroxyl groups is 1. The van der Waals surface area contributed by atoms with E-state index in [9.17, 15) is 9.90 Å². The average Bonchev–Trinajstić information content (AvgIpc) is 2.36. The van der Waals surface area contributed by atoms with E-state index in [1.54, 1.807) is 12.1 Å². The number of fused-ring (bicyclic) bond motifs is 1. The molecule has 4 nitrogen and oxygen atoms in total. The predicted molar refractivity (Wildman–Crippen MR) is 64.3 cm³/mol. The molecule has 1 N–H and O–H groups in total. The number of hydrogen-bond acceptors (Lipinski definition) is 4. The summed E-state index contributed by atoms with van der Waals surface area (Å²) in [6, 6.07) is 4.80. The Hall–Kier alpha value is -1.81. The second-order valence-corrected chi connectivity index (χ2v) is 3.71. The van der Waals surface area contributed by atoms with Gasteiger partial charge in [0, 0.05) is 12.5 Å². The normalized spacial score (nSPS) is 10.8. The lowest BCUT2D eigenvalue weighted by Crippen LogP contribution is -2.04. The molecule has 0 unspecified atom stereocenters. The molecule has 0 amide bonds. The van der Waals surface area contributed by atoms with Crippen LogP contribution in [0.4, 0.5) is 0 Å². The van der Waals surface area contributed by atoms with E-state index in [2.05, 4.69) is 0 Å². The van der Waals surface area contributed by atoms with E-state index in [1.165, 1.54) is 13.2 Å². The van der Waals surface area contributed by atoms with Crippen molar-refractivity contribution in [3.05, 3.63) is 39.7 Å². The van der Waals surface area contributed by atoms with Crippen LogP contribution in [0.2, 0.25) is 0 Å². The van der Waals surface area contributed by atoms with E-state index in [0.29, 0.717) is 34.5 Å². The van der Waals surface area contributed by atoms with E-state index in [1.807, 2.05) is 6.92 Å². The minimum atomic E-state index is -0.226. The number of rotatable bonds is 3. The number of benzene rings is 1. The molecule has 1 aromatic heterocycles. The third-order valence-electron chi connectivity index (χ3n) is 2.73. The summed E-state index contributed by atoms with van der Waals surface area (Å²) < 4.78 is 10.8. The molecule has 17 heavy (non-hydrogen) atoms. The van der Waals surface area contributed by atoms with Crippen molar-refractivity contribution in [3.8, 4) is 5.75 Å². The Balaban J connectivity index is 2.86. The minimum Gasteiger partial charge on any atom is -0.496 e. The van der Waals surface area contributed by atoms with Crippen molar-refractivity contribution in [1.82, 2.24) is 0 Å². The van der Waals surface area contributed by atoms with E-state index >= 15 is 0 Å². The van der Waals surface area contributed by atoms with E-state index in [4.69, 9.17) is 9.15 Å². The van der Waals surface area contributed by atoms with Gasteiger partial charge in [-0.05, 0) is 12.1 Å². The van der Waals surface area contributed by atoms with Crippen molar-refractivity contribution in [2.45, 2.75) is 20.0 Å². The van der Waals surface area contributed by atoms with E-state index in [0.717, 1.165) is 0 Å². The maximum Gasteiger partial charge on any atom is 0.192 e. The van der Waals surface area contributed by atoms with Crippen LogP contribution in [-0.2, 0) is 13.0 Å². The lowest BCUT2D eigenvalue weighted by atomic mass is 10.1. The Labute approximate surface area is 98.4 Å². The third kappa shape index (κ3) is 1.91. The van der Waals surface area contributed by atoms with Gasteiger partial charge in [0.1, 0.15) is 17.1 Å². The molecule has 0 aliphatic rings. The van der Waals surface area contributed by atoms with Crippen molar-refractivity contribution >= 4 is 11.0 Å². The Kier molecular flexibility index (Phi) is 3.15. The fourth-order valence-corrected chi connectivity index (χ4v) is 1.82. The van der Waals surface area contributed by atoms with Gasteiger partial charge in [0.25, 0.3) is 0 Å². The average molecular weight is 234 g/mol. The maximum absolute atomic E-state index is 11.8. The lowest BCUT2D eigenvalue weighted by molar-refractivity contribution is 0.273. The number of ether oxygens (including phenoxy) is 1. The largest absolute Gasteiger partial charge is 0.496 e. The molecule has 2 aromatic rings. The molecule has 0 saturated heterocycles. The molecule has 1 heterocycles. The Morgan fingerprint density at radius 2 is 2.18 bits per heavy atom. The first-order valence-corrected chi connectivity index (χ1v) is 5.44. The summed E-state index contributed by atoms with van der Waals surface area (Å²) in [5, 5.41) is 9.82. The number of methoxy groups -OCH3 is 1. The summed E-state index contributed by atoms with van der Waals surface area (Å²) in [6.45, 7) is 1.68. The summed E-state index contributed by atoms with van der Waals surface area (Å²) in [7, 11) is 1.52. The van der Waals surface area contributed by atoms with Crippen LogP contribution < -0.4 is 10.2 Å². The second kappa shape index (κ2) is 4.59. The minimum absolute atomic E-state index is 0.0968. The first-order chi connectivity index (χ1) is 8.21. The molecule has 0 aliphatic heterocycles. The van der Waals surface area contributed by atoms with Crippen LogP contribution in [0.3, 0.4) is 0 Å². The summed E-state index contributed by atoms with van der Waals surface area (Å²) in [4.78, 5) is 11.8. The summed E-state index contributed by atoms with van der Waals surface area (Å²) >= 11 is 0. The van der Waals surface area contributed by atoms with Crippen molar-refractivity contribution < 1.29 is 14.3 Å². The van der Waals surface area contributed by atoms with Crippen LogP contribution in [0.5, 0.6) is 5.75 Å². The fourth-order valence-electron chi connectivity index (χ4n) is 1.82. The molecular weight excluding hydrogens is 220 g/mol. The van der Waals surface area contributed by atoms with Gasteiger partial charge < -0.3 is 14.3 Å². The second-order valence-electron chi connectivity index (χ2n) is 3.71. The van der Waals surface area contributed by atoms with Crippen LogP contribution in [0, 0.1) is 0 Å². The molecule has 0 fully saturated rings. The van der Waals surface area contributed by atoms with E-state index < -0.39 is 0 Å². The molecule has 0 aliphatic carbocycles. The molecule has 1 aromatic carbocycles. The van der Waals surface area contributed by atoms with Crippen LogP contribution in [0.1, 0.15) is 18.2 Å². The third-order valence-corrected chi connectivity index (χ3v) is 2.73. The molecule has 0 atom stereocenters. The smallest absolute Gasteiger partial charge is 0.192 e. The summed E-state index contributed by atoms with van der Waals surface area (Å²) in [5.41, 5.74) is 0.828. The predicted octanol–water partition coefficient (Wildman–Crippen LogP) is 1.86. The molecule has 0 saturated carbocycles. The first-order valence-electron chi connectivity index (χ1n) is 5.44. The highest BCUT2D eigenvalue weighted by molar-refractivity contribution is 5.82. The number of aliphatic hydroxyl groups excluding tert-OH is 1. The van der Waals surface area contributed by atoms with Gasteiger partial charge in [0.2, 0.25) is 0 Å². The summed E-state index contributed by atoms with van der Waals surface area (Å²) in [6.07, 6.45) is 0.632. The number of hydrogen-bond donors (Lipinski definition) is 1. The van der Waals surface area contributed by atoms with Crippen LogP contribution in [0.15, 0.2) is 27.4 Å². The van der Waals surface area contributed by atoms with Gasteiger partial charge in [0.15, 0.2) is 5.43 Å². The topological polar surface area (TPSA) is 59.7 Å². The molecule has 0 spiro atoms. The highest BCUT2D eigenvalue weighted by atomic mass is 16.5. The van der Waals surface area contributed by atoms with Crippen molar-refractivity contribution in [3.63, 3.8) is 0 Å². The standard InChI is InChI=1S/C13H14O4/c1-3-8-6-11(15)9-4-5-12(16-2)10(7-14)13(9)17-8/h4-6,14H,3,7H2,1-2H3. The molecular formula is C13H14O4. The molecule has 90 valence electrons. The zero-order chi connectivity index (χ0) is 12.4. The Morgan fingerprint density at radius 3 is 2.76 bits per heavy atom. The molecule has 0 radical (unpaired) electrons. The zero-order valence-corrected chi connectivity index (χ0v) is 9.82. The monoisotopic (exact) mass is 234 g/mol. The van der Waals surface area contributed by atoms with Crippen LogP contribution in [-0.4, -0.2) is 12.2 Å². The highest BCUT2D eigenvalue weighted by Gasteiger charge is 2.12. The van der Waals surface area contributed by atoms with Gasteiger partial charge >= 0.3 is 0 Å². The quantitative estimate of drug-likeness (QED) is 0.880. The SMILES string of the molecule is CCc1cc(=O)c2ccc(OC)c(CO)c2o1. The van der Waals surface area contributed by atoms with Crippen molar-refractivity contribution in [2.24, 2.45) is 0 Å². The summed E-state index contributed by atoms with van der Waals surface area (Å²) in [5.74, 6) is 1.13. The molecule has 0 bridgehead atoms. The zero-order valence-electron chi connectivity index (χ0n) is 9.82. The first kappa shape index (κ1) is 11.7. The van der Waals surface area contributed by atoms with Gasteiger partial charge in [-0.1, -0.05) is 6.92 Å². The maximum atomic E-state index is 11.8. The Morgan fingerprint density at radius 1 is 1.41 bits per heavy atom. The van der Waals surface area contributed by atoms with Crippen molar-refractivity contribution in [1.29, 1.82) is 0 Å². The molecule has 4 heteroatoms. The van der Waals surface area contributed by atoms with E-state index in [-0.39, 0.29) is 12.0 Å². The number of aryl methyl sites for hydroxylation is 1. The fraction of sp³-hybridized carbons (Fsp3) is 0.308. The lowest BCUT2D eigenvalue weighted by Gasteiger charge is -2.09. The van der Waals surface area contributed by atoms with Crippen LogP contribution in [0.25, 0.3) is 11.0 Å². The Bertz CT molecular complexity index is 598. The van der Waals surface area contributed by atoms with Gasteiger partial charge in [-0.15, -0.1) is 0 Å². The molecule has 2 rings (SSSR count). The van der Waals surface area contributed by atoms with Crippen molar-refractivity contribution in [2.75, 3.05) is 7.11 Å². The van der Waals surface area contributed by atoms with Crippen LogP contribution >= 0.6 is 0 Å². The van der Waals surface area contributed by atoms with Gasteiger partial charge in [-0.2, -0.15) is 0 Å². The van der Waals surface area contributed by atoms with Gasteiger partial charge in [-0.25, -0.2) is 0 Å². The highest BCUT2D eigenvalue weighted by Crippen LogP contribution is 2.27. The van der Waals surface area contributed by atoms with Gasteiger partial charge in [0.05, 0.1) is 24.7 Å².